The Morgan fingerprint density at radius 3 is 2.35 bits per heavy atom. The van der Waals surface area contributed by atoms with Crippen molar-refractivity contribution in [1.82, 2.24) is 10.6 Å². The highest BCUT2D eigenvalue weighted by atomic mass is 35.5. The molecule has 3 aromatic carbocycles. The first-order chi connectivity index (χ1) is 15.8. The van der Waals surface area contributed by atoms with Gasteiger partial charge in [0.2, 0.25) is 5.91 Å². The molecule has 0 unspecified atom stereocenters. The summed E-state index contributed by atoms with van der Waals surface area (Å²) >= 11 is 0. The highest BCUT2D eigenvalue weighted by Crippen LogP contribution is 2.25. The minimum Gasteiger partial charge on any atom is -0.468 e. The fraction of sp³-hybridized carbons (Fsp3) is 0.357. The van der Waals surface area contributed by atoms with Gasteiger partial charge in [0.1, 0.15) is 6.54 Å². The van der Waals surface area contributed by atoms with Gasteiger partial charge in [-0.1, -0.05) is 66.7 Å². The number of methoxy groups -OCH3 is 1. The van der Waals surface area contributed by atoms with E-state index in [-0.39, 0.29) is 30.9 Å². The third-order valence-electron chi connectivity index (χ3n) is 6.25. The molecule has 0 saturated carbocycles. The lowest BCUT2D eigenvalue weighted by molar-refractivity contribution is -0.141. The third-order valence-corrected chi connectivity index (χ3v) is 6.25. The first kappa shape index (κ1) is 27.4. The molecule has 182 valence electrons. The Kier molecular flexibility index (Phi) is 10.1. The molecule has 5 nitrogen and oxygen atoms in total. The second-order valence-electron chi connectivity index (χ2n) is 8.93. The molecule has 0 aliphatic carbocycles. The van der Waals surface area contributed by atoms with Crippen molar-refractivity contribution in [3.8, 4) is 0 Å². The first-order valence-corrected chi connectivity index (χ1v) is 11.5. The normalized spacial score (nSPS) is 12.0. The van der Waals surface area contributed by atoms with Crippen LogP contribution < -0.4 is 10.6 Å². The van der Waals surface area contributed by atoms with E-state index in [1.165, 1.54) is 29.0 Å². The monoisotopic (exact) mass is 482 g/mol. The van der Waals surface area contributed by atoms with Crippen molar-refractivity contribution in [2.45, 2.75) is 45.1 Å². The molecule has 0 spiro atoms. The predicted octanol–water partition coefficient (Wildman–Crippen LogP) is 5.11. The van der Waals surface area contributed by atoms with Gasteiger partial charge < -0.3 is 15.4 Å². The molecule has 0 heterocycles. The van der Waals surface area contributed by atoms with Crippen molar-refractivity contribution in [1.29, 1.82) is 0 Å². The number of aryl methyl sites for hydroxylation is 1. The van der Waals surface area contributed by atoms with Crippen molar-refractivity contribution in [2.75, 3.05) is 20.2 Å². The fourth-order valence-electron chi connectivity index (χ4n) is 4.01. The van der Waals surface area contributed by atoms with E-state index in [2.05, 4.69) is 76.9 Å². The molecule has 1 amide bonds. The van der Waals surface area contributed by atoms with Gasteiger partial charge in [-0.2, -0.15) is 0 Å². The number of nitrogens with one attached hydrogen (secondary N) is 2. The summed E-state index contributed by atoms with van der Waals surface area (Å²) in [4.78, 5) is 23.8. The average molecular weight is 483 g/mol. The van der Waals surface area contributed by atoms with Gasteiger partial charge in [0.15, 0.2) is 0 Å². The Morgan fingerprint density at radius 1 is 0.971 bits per heavy atom. The zero-order valence-corrected chi connectivity index (χ0v) is 21.2. The lowest BCUT2D eigenvalue weighted by Crippen LogP contribution is -2.42. The van der Waals surface area contributed by atoms with E-state index in [0.717, 1.165) is 24.9 Å². The topological polar surface area (TPSA) is 67.4 Å². The number of halogens is 1. The van der Waals surface area contributed by atoms with Crippen LogP contribution in [0.25, 0.3) is 10.8 Å². The largest absolute Gasteiger partial charge is 0.468 e. The van der Waals surface area contributed by atoms with E-state index >= 15 is 0 Å². The minimum atomic E-state index is -0.734. The quantitative estimate of drug-likeness (QED) is 0.311. The molecule has 6 heteroatoms. The molecule has 0 aromatic heterocycles. The Hall–Kier alpha value is -2.89. The Balaban J connectivity index is 0.00000408. The van der Waals surface area contributed by atoms with Crippen LogP contribution in [-0.2, 0) is 26.2 Å². The molecule has 0 fully saturated rings. The van der Waals surface area contributed by atoms with E-state index in [1.54, 1.807) is 0 Å². The molecule has 0 aliphatic heterocycles. The van der Waals surface area contributed by atoms with Crippen molar-refractivity contribution in [2.24, 2.45) is 0 Å². The minimum absolute atomic E-state index is 0. The van der Waals surface area contributed by atoms with Crippen LogP contribution in [-0.4, -0.2) is 32.1 Å². The van der Waals surface area contributed by atoms with Crippen LogP contribution in [0.2, 0.25) is 0 Å². The van der Waals surface area contributed by atoms with Crippen molar-refractivity contribution in [3.63, 3.8) is 0 Å². The van der Waals surface area contributed by atoms with Crippen LogP contribution in [0.4, 0.5) is 0 Å². The Bertz CT molecular complexity index is 1090. The molecule has 0 bridgehead atoms. The second kappa shape index (κ2) is 12.5. The lowest BCUT2D eigenvalue weighted by Gasteiger charge is -2.24. The maximum Gasteiger partial charge on any atom is 0.325 e. The summed E-state index contributed by atoms with van der Waals surface area (Å²) in [6, 6.07) is 23.4. The number of ether oxygens (including phenoxy) is 1. The molecule has 34 heavy (non-hydrogen) atoms. The summed E-state index contributed by atoms with van der Waals surface area (Å²) in [5.74, 6) is -0.662. The summed E-state index contributed by atoms with van der Waals surface area (Å²) < 4.78 is 4.58. The first-order valence-electron chi connectivity index (χ1n) is 11.5. The summed E-state index contributed by atoms with van der Waals surface area (Å²) in [6.45, 7) is 6.72. The van der Waals surface area contributed by atoms with Crippen molar-refractivity contribution < 1.29 is 14.3 Å². The lowest BCUT2D eigenvalue weighted by atomic mass is 9.83. The number of carbonyl (C=O) groups is 2. The maximum absolute atomic E-state index is 12.5. The van der Waals surface area contributed by atoms with E-state index in [9.17, 15) is 9.59 Å². The second-order valence-corrected chi connectivity index (χ2v) is 8.93. The number of carbonyl (C=O) groups excluding carboxylic acids is 2. The van der Waals surface area contributed by atoms with Gasteiger partial charge in [0.25, 0.3) is 0 Å². The van der Waals surface area contributed by atoms with Crippen LogP contribution in [0.3, 0.4) is 0 Å². The van der Waals surface area contributed by atoms with Gasteiger partial charge in [-0.25, -0.2) is 0 Å². The number of fused-ring (bicyclic) bond motifs is 1. The summed E-state index contributed by atoms with van der Waals surface area (Å²) in [6.07, 6.45) is 1.99. The smallest absolute Gasteiger partial charge is 0.325 e. The van der Waals surface area contributed by atoms with E-state index < -0.39 is 11.4 Å². The molecular weight excluding hydrogens is 448 g/mol. The van der Waals surface area contributed by atoms with E-state index in [0.29, 0.717) is 0 Å². The molecular formula is C28H35ClN2O3. The predicted molar refractivity (Wildman–Crippen MR) is 140 cm³/mol. The van der Waals surface area contributed by atoms with Crippen LogP contribution in [0.15, 0.2) is 66.7 Å². The van der Waals surface area contributed by atoms with Gasteiger partial charge in [-0.15, -0.1) is 12.4 Å². The van der Waals surface area contributed by atoms with Gasteiger partial charge in [-0.05, 0) is 67.6 Å². The van der Waals surface area contributed by atoms with Crippen molar-refractivity contribution >= 4 is 35.1 Å². The molecule has 3 rings (SSSR count). The van der Waals surface area contributed by atoms with Crippen LogP contribution >= 0.6 is 12.4 Å². The van der Waals surface area contributed by atoms with E-state index in [4.69, 9.17) is 0 Å². The fourth-order valence-corrected chi connectivity index (χ4v) is 4.01. The summed E-state index contributed by atoms with van der Waals surface area (Å²) in [5, 5.41) is 8.86. The van der Waals surface area contributed by atoms with Crippen LogP contribution in [0.5, 0.6) is 0 Å². The maximum atomic E-state index is 12.5. The Morgan fingerprint density at radius 2 is 1.65 bits per heavy atom. The summed E-state index contributed by atoms with van der Waals surface area (Å²) in [7, 11) is 1.30. The van der Waals surface area contributed by atoms with Gasteiger partial charge in [-0.3, -0.25) is 9.59 Å². The molecule has 0 saturated heterocycles. The number of rotatable bonds is 10. The zero-order chi connectivity index (χ0) is 23.8. The number of hydrogen-bond acceptors (Lipinski definition) is 4. The number of hydrogen-bond donors (Lipinski definition) is 2. The van der Waals surface area contributed by atoms with E-state index in [1.807, 2.05) is 26.0 Å². The summed E-state index contributed by atoms with van der Waals surface area (Å²) in [5.41, 5.74) is 2.74. The van der Waals surface area contributed by atoms with Crippen LogP contribution in [0, 0.1) is 0 Å². The molecule has 0 radical (unpaired) electrons. The highest BCUT2D eigenvalue weighted by molar-refractivity contribution is 5.90. The molecule has 0 aliphatic rings. The number of benzene rings is 3. The van der Waals surface area contributed by atoms with Crippen LogP contribution in [0.1, 0.15) is 49.9 Å². The number of esters is 1. The SMILES string of the molecule is COC(=O)CNC(=O)C(C)(C)c1ccc(CCCN[C@H](C)c2cccc3ccccc23)cc1.Cl. The highest BCUT2D eigenvalue weighted by Gasteiger charge is 2.29. The molecule has 2 N–H and O–H groups in total. The van der Waals surface area contributed by atoms with Gasteiger partial charge in [0.05, 0.1) is 12.5 Å². The van der Waals surface area contributed by atoms with Gasteiger partial charge in [0, 0.05) is 6.04 Å². The number of amides is 1. The van der Waals surface area contributed by atoms with Gasteiger partial charge >= 0.3 is 5.97 Å². The average Bonchev–Trinajstić information content (AvgIpc) is 2.84. The molecule has 3 aromatic rings. The molecule has 1 atom stereocenters. The zero-order valence-electron chi connectivity index (χ0n) is 20.4. The third kappa shape index (κ3) is 6.81. The van der Waals surface area contributed by atoms with Crippen molar-refractivity contribution in [3.05, 3.63) is 83.4 Å². The Labute approximate surface area is 208 Å². The standard InChI is InChI=1S/C28H34N2O3.ClH/c1-20(24-13-7-11-22-10-5-6-12-25(22)24)29-18-8-9-21-14-16-23(17-15-21)28(2,3)27(32)30-19-26(31)33-4;/h5-7,10-17,20,29H,8-9,18-19H2,1-4H3,(H,30,32);1H/t20-;/m1./s1.